The topological polar surface area (TPSA) is 62.3 Å². The highest BCUT2D eigenvalue weighted by Crippen LogP contribution is 2.51. The van der Waals surface area contributed by atoms with E-state index in [0.717, 1.165) is 19.3 Å². The zero-order chi connectivity index (χ0) is 22.1. The van der Waals surface area contributed by atoms with Crippen molar-refractivity contribution in [3.63, 3.8) is 0 Å². The zero-order valence-electron chi connectivity index (χ0n) is 17.6. The first kappa shape index (κ1) is 20.4. The minimum absolute atomic E-state index is 0.226. The van der Waals surface area contributed by atoms with Gasteiger partial charge in [-0.1, -0.05) is 55.7 Å². The van der Waals surface area contributed by atoms with Gasteiger partial charge in [0.05, 0.1) is 17.1 Å². The third-order valence-electron chi connectivity index (χ3n) is 6.68. The molecular formula is C26H24FN3O2. The Bertz CT molecular complexity index is 1160. The summed E-state index contributed by atoms with van der Waals surface area (Å²) < 4.78 is 15.0. The van der Waals surface area contributed by atoms with Crippen molar-refractivity contribution in [2.75, 3.05) is 10.2 Å². The van der Waals surface area contributed by atoms with Gasteiger partial charge in [-0.15, -0.1) is 0 Å². The van der Waals surface area contributed by atoms with Crippen molar-refractivity contribution in [3.05, 3.63) is 89.9 Å². The number of rotatable bonds is 3. The number of carbonyl (C=O) groups is 2. The Morgan fingerprint density at radius 3 is 2.44 bits per heavy atom. The lowest BCUT2D eigenvalue weighted by atomic mass is 9.65. The SMILES string of the molecule is O=C(Nc1ccccn1)C1c2ccccc2C(=O)N(c2ccccc2F)C12CCCCC2. The van der Waals surface area contributed by atoms with E-state index in [1.165, 1.54) is 6.07 Å². The quantitative estimate of drug-likeness (QED) is 0.614. The Kier molecular flexibility index (Phi) is 5.21. The minimum Gasteiger partial charge on any atom is -0.310 e. The molecule has 3 aromatic rings. The van der Waals surface area contributed by atoms with Crippen molar-refractivity contribution in [2.24, 2.45) is 0 Å². The van der Waals surface area contributed by atoms with Crippen LogP contribution in [0.5, 0.6) is 0 Å². The summed E-state index contributed by atoms with van der Waals surface area (Å²) in [6, 6.07) is 18.9. The van der Waals surface area contributed by atoms with E-state index in [1.807, 2.05) is 18.2 Å². The first-order valence-electron chi connectivity index (χ1n) is 11.0. The predicted molar refractivity (Wildman–Crippen MR) is 121 cm³/mol. The number of hydrogen-bond donors (Lipinski definition) is 1. The van der Waals surface area contributed by atoms with Crippen molar-refractivity contribution < 1.29 is 14.0 Å². The molecule has 162 valence electrons. The normalized spacial score (nSPS) is 19.5. The zero-order valence-corrected chi connectivity index (χ0v) is 17.6. The van der Waals surface area contributed by atoms with Crippen LogP contribution in [0.4, 0.5) is 15.9 Å². The number of para-hydroxylation sites is 1. The number of anilines is 2. The summed E-state index contributed by atoms with van der Waals surface area (Å²) in [4.78, 5) is 33.4. The average Bonchev–Trinajstić information content (AvgIpc) is 2.82. The molecule has 1 atom stereocenters. The van der Waals surface area contributed by atoms with Crippen LogP contribution < -0.4 is 10.2 Å². The molecule has 1 spiro atoms. The smallest absolute Gasteiger partial charge is 0.259 e. The van der Waals surface area contributed by atoms with Crippen LogP contribution in [0.15, 0.2) is 72.9 Å². The predicted octanol–water partition coefficient (Wildman–Crippen LogP) is 5.31. The van der Waals surface area contributed by atoms with Gasteiger partial charge in [-0.2, -0.15) is 0 Å². The van der Waals surface area contributed by atoms with E-state index in [1.54, 1.807) is 53.6 Å². The molecule has 6 heteroatoms. The highest BCUT2D eigenvalue weighted by atomic mass is 19.1. The van der Waals surface area contributed by atoms with E-state index >= 15 is 4.39 Å². The standard InChI is InChI=1S/C26H24FN3O2/c27-20-12-4-5-13-21(20)30-25(32)19-11-3-2-10-18(19)23(26(30)15-7-1-8-16-26)24(31)29-22-14-6-9-17-28-22/h2-6,9-14,17,23H,1,7-8,15-16H2,(H,28,29,31). The van der Waals surface area contributed by atoms with E-state index in [-0.39, 0.29) is 17.5 Å². The van der Waals surface area contributed by atoms with E-state index in [4.69, 9.17) is 0 Å². The number of amides is 2. The van der Waals surface area contributed by atoms with Gasteiger partial charge in [0.1, 0.15) is 11.6 Å². The van der Waals surface area contributed by atoms with E-state index < -0.39 is 17.3 Å². The van der Waals surface area contributed by atoms with Gasteiger partial charge in [-0.25, -0.2) is 9.37 Å². The summed E-state index contributed by atoms with van der Waals surface area (Å²) >= 11 is 0. The van der Waals surface area contributed by atoms with Crippen molar-refractivity contribution in [1.82, 2.24) is 4.98 Å². The number of fused-ring (bicyclic) bond motifs is 1. The molecule has 1 aliphatic carbocycles. The second kappa shape index (κ2) is 8.19. The maximum atomic E-state index is 15.0. The van der Waals surface area contributed by atoms with Gasteiger partial charge >= 0.3 is 0 Å². The molecule has 5 nitrogen and oxygen atoms in total. The molecular weight excluding hydrogens is 405 g/mol. The number of benzene rings is 2. The van der Waals surface area contributed by atoms with Crippen molar-refractivity contribution >= 4 is 23.3 Å². The summed E-state index contributed by atoms with van der Waals surface area (Å²) in [5.74, 6) is -1.14. The van der Waals surface area contributed by atoms with Crippen molar-refractivity contribution in [3.8, 4) is 0 Å². The van der Waals surface area contributed by atoms with Gasteiger partial charge in [0.25, 0.3) is 5.91 Å². The second-order valence-corrected chi connectivity index (χ2v) is 8.48. The number of carbonyl (C=O) groups excluding carboxylic acids is 2. The molecule has 2 amide bonds. The largest absolute Gasteiger partial charge is 0.310 e. The maximum absolute atomic E-state index is 15.0. The Morgan fingerprint density at radius 1 is 0.969 bits per heavy atom. The number of aromatic nitrogens is 1. The molecule has 2 aliphatic rings. The van der Waals surface area contributed by atoms with Gasteiger partial charge < -0.3 is 5.32 Å². The molecule has 0 radical (unpaired) electrons. The third-order valence-corrected chi connectivity index (χ3v) is 6.68. The van der Waals surface area contributed by atoms with E-state index in [2.05, 4.69) is 10.3 Å². The molecule has 5 rings (SSSR count). The van der Waals surface area contributed by atoms with E-state index in [0.29, 0.717) is 29.8 Å². The third kappa shape index (κ3) is 3.27. The van der Waals surface area contributed by atoms with Gasteiger partial charge in [0.15, 0.2) is 0 Å². The number of pyridine rings is 1. The fourth-order valence-electron chi connectivity index (χ4n) is 5.36. The van der Waals surface area contributed by atoms with Crippen LogP contribution in [0.1, 0.15) is 53.9 Å². The van der Waals surface area contributed by atoms with Crippen LogP contribution in [0.2, 0.25) is 0 Å². The van der Waals surface area contributed by atoms with Gasteiger partial charge in [0, 0.05) is 11.8 Å². The number of halogens is 1. The van der Waals surface area contributed by atoms with Crippen molar-refractivity contribution in [1.29, 1.82) is 0 Å². The van der Waals surface area contributed by atoms with Crippen LogP contribution in [0.25, 0.3) is 0 Å². The highest BCUT2D eigenvalue weighted by Gasteiger charge is 2.55. The van der Waals surface area contributed by atoms with Crippen LogP contribution in [-0.4, -0.2) is 22.3 Å². The lowest BCUT2D eigenvalue weighted by Gasteiger charge is -2.53. The maximum Gasteiger partial charge on any atom is 0.259 e. The van der Waals surface area contributed by atoms with Crippen molar-refractivity contribution in [2.45, 2.75) is 43.6 Å². The highest BCUT2D eigenvalue weighted by molar-refractivity contribution is 6.13. The van der Waals surface area contributed by atoms with Gasteiger partial charge in [-0.05, 0) is 48.7 Å². The van der Waals surface area contributed by atoms with Crippen LogP contribution in [0, 0.1) is 5.82 Å². The molecule has 1 N–H and O–H groups in total. The molecule has 1 aromatic heterocycles. The fraction of sp³-hybridized carbons (Fsp3) is 0.269. The summed E-state index contributed by atoms with van der Waals surface area (Å²) in [5.41, 5.74) is 0.517. The number of hydrogen-bond acceptors (Lipinski definition) is 3. The lowest BCUT2D eigenvalue weighted by molar-refractivity contribution is -0.119. The Labute approximate surface area is 186 Å². The van der Waals surface area contributed by atoms with Gasteiger partial charge in [-0.3, -0.25) is 14.5 Å². The lowest BCUT2D eigenvalue weighted by Crippen LogP contribution is -2.62. The van der Waals surface area contributed by atoms with Crippen LogP contribution >= 0.6 is 0 Å². The molecule has 0 bridgehead atoms. The fourth-order valence-corrected chi connectivity index (χ4v) is 5.36. The number of nitrogens with zero attached hydrogens (tertiary/aromatic N) is 2. The molecule has 32 heavy (non-hydrogen) atoms. The summed E-state index contributed by atoms with van der Waals surface area (Å²) in [7, 11) is 0. The second-order valence-electron chi connectivity index (χ2n) is 8.48. The molecule has 2 aromatic carbocycles. The van der Waals surface area contributed by atoms with Gasteiger partial charge in [0.2, 0.25) is 5.91 Å². The van der Waals surface area contributed by atoms with E-state index in [9.17, 15) is 9.59 Å². The summed E-state index contributed by atoms with van der Waals surface area (Å²) in [6.45, 7) is 0. The molecule has 1 saturated carbocycles. The monoisotopic (exact) mass is 429 g/mol. The molecule has 0 saturated heterocycles. The summed E-state index contributed by atoms with van der Waals surface area (Å²) in [6.07, 6.45) is 5.64. The average molecular weight is 429 g/mol. The summed E-state index contributed by atoms with van der Waals surface area (Å²) in [5, 5.41) is 2.94. The van der Waals surface area contributed by atoms with Crippen LogP contribution in [-0.2, 0) is 4.79 Å². The minimum atomic E-state index is -0.843. The van der Waals surface area contributed by atoms with Crippen LogP contribution in [0.3, 0.4) is 0 Å². The molecule has 1 unspecified atom stereocenters. The Balaban J connectivity index is 1.70. The first-order valence-corrected chi connectivity index (χ1v) is 11.0. The molecule has 2 heterocycles. The first-order chi connectivity index (χ1) is 15.6. The molecule has 1 aliphatic heterocycles. The number of nitrogens with one attached hydrogen (secondary N) is 1. The Morgan fingerprint density at radius 2 is 1.69 bits per heavy atom. The Hall–Kier alpha value is -3.54. The molecule has 1 fully saturated rings.